The van der Waals surface area contributed by atoms with E-state index in [4.69, 9.17) is 46.4 Å². The highest BCUT2D eigenvalue weighted by molar-refractivity contribution is 6.45. The number of halogens is 4. The monoisotopic (exact) mass is 332 g/mol. The molecule has 0 N–H and O–H groups in total. The fraction of sp³-hybridized carbons (Fsp3) is 0. The zero-order chi connectivity index (χ0) is 14.0. The molecule has 8 heteroatoms. The summed E-state index contributed by atoms with van der Waals surface area (Å²) in [7, 11) is 0. The molecule has 96 valence electrons. The van der Waals surface area contributed by atoms with E-state index in [9.17, 15) is 5.53 Å². The van der Waals surface area contributed by atoms with E-state index in [0.717, 1.165) is 0 Å². The maximum atomic E-state index is 9.24. The molecule has 2 rings (SSSR count). The third-order valence-corrected chi connectivity index (χ3v) is 3.43. The van der Waals surface area contributed by atoms with Crippen LogP contribution < -0.4 is 0 Å². The van der Waals surface area contributed by atoms with Crippen molar-refractivity contribution in [3.63, 3.8) is 0 Å². The lowest BCUT2D eigenvalue weighted by Gasteiger charge is -2.05. The van der Waals surface area contributed by atoms with Crippen LogP contribution in [-0.2, 0) is 0 Å². The van der Waals surface area contributed by atoms with Gasteiger partial charge in [-0.2, -0.15) is 4.79 Å². The van der Waals surface area contributed by atoms with Crippen molar-refractivity contribution in [2.24, 2.45) is 0 Å². The van der Waals surface area contributed by atoms with E-state index >= 15 is 0 Å². The molecule has 0 saturated carbocycles. The minimum atomic E-state index is 0.0507. The van der Waals surface area contributed by atoms with Crippen molar-refractivity contribution < 1.29 is 4.79 Å². The van der Waals surface area contributed by atoms with E-state index < -0.39 is 0 Å². The van der Waals surface area contributed by atoms with Gasteiger partial charge in [0, 0.05) is 24.8 Å². The molecule has 0 atom stereocenters. The van der Waals surface area contributed by atoms with Crippen LogP contribution in [0.25, 0.3) is 5.53 Å². The van der Waals surface area contributed by atoms with E-state index in [1.807, 2.05) is 0 Å². The lowest BCUT2D eigenvalue weighted by molar-refractivity contribution is -0.00276. The summed E-state index contributed by atoms with van der Waals surface area (Å²) < 4.78 is 0. The summed E-state index contributed by atoms with van der Waals surface area (Å²) in [6, 6.07) is 0. The van der Waals surface area contributed by atoms with Gasteiger partial charge in [0.1, 0.15) is 11.1 Å². The standard InChI is InChI=1S/C11H4Cl4N4/c12-5-1-17-2-6(13)9(5)11(19-16)10-7(14)3-18-4-8(10)15/h1-4H. The van der Waals surface area contributed by atoms with E-state index in [1.165, 1.54) is 24.8 Å². The van der Waals surface area contributed by atoms with E-state index in [1.54, 1.807) is 0 Å². The van der Waals surface area contributed by atoms with Crippen molar-refractivity contribution >= 4 is 52.1 Å². The number of aromatic nitrogens is 2. The molecule has 0 radical (unpaired) electrons. The van der Waals surface area contributed by atoms with Crippen molar-refractivity contribution in [1.82, 2.24) is 9.97 Å². The highest BCUT2D eigenvalue weighted by atomic mass is 35.5. The summed E-state index contributed by atoms with van der Waals surface area (Å²) in [5.74, 6) is 0. The van der Waals surface area contributed by atoms with Gasteiger partial charge in [-0.1, -0.05) is 46.4 Å². The molecule has 0 aliphatic rings. The lowest BCUT2D eigenvalue weighted by Crippen LogP contribution is -2.09. The van der Waals surface area contributed by atoms with Gasteiger partial charge in [0.05, 0.1) is 20.1 Å². The molecule has 2 aromatic rings. The smallest absolute Gasteiger partial charge is 0.335 e. The van der Waals surface area contributed by atoms with E-state index in [0.29, 0.717) is 0 Å². The average Bonchev–Trinajstić information content (AvgIpc) is 2.36. The highest BCUT2D eigenvalue weighted by Crippen LogP contribution is 2.31. The van der Waals surface area contributed by atoms with Crippen molar-refractivity contribution in [2.45, 2.75) is 0 Å². The normalized spacial score (nSPS) is 10.1. The summed E-state index contributed by atoms with van der Waals surface area (Å²) in [5, 5.41) is 0.849. The van der Waals surface area contributed by atoms with Crippen LogP contribution in [0.5, 0.6) is 0 Å². The molecule has 0 unspecified atom stereocenters. The minimum Gasteiger partial charge on any atom is -0.361 e. The SMILES string of the molecule is [N-]=[N+]=C(c1c(Cl)cncc1Cl)c1c(Cl)cncc1Cl. The Bertz CT molecular complexity index is 601. The van der Waals surface area contributed by atoms with Gasteiger partial charge in [-0.05, 0) is 0 Å². The topological polar surface area (TPSA) is 62.2 Å². The zero-order valence-electron chi connectivity index (χ0n) is 9.11. The van der Waals surface area contributed by atoms with Crippen LogP contribution in [0.1, 0.15) is 11.1 Å². The molecular formula is C11H4Cl4N4. The zero-order valence-corrected chi connectivity index (χ0v) is 12.1. The molecule has 4 nitrogen and oxygen atoms in total. The molecule has 0 amide bonds. The van der Waals surface area contributed by atoms with Crippen LogP contribution in [0, 0.1) is 0 Å². The fourth-order valence-electron chi connectivity index (χ4n) is 1.50. The highest BCUT2D eigenvalue weighted by Gasteiger charge is 2.27. The number of nitrogens with zero attached hydrogens (tertiary/aromatic N) is 4. The summed E-state index contributed by atoms with van der Waals surface area (Å²) in [6.45, 7) is 0. The molecule has 0 aliphatic carbocycles. The van der Waals surface area contributed by atoms with E-state index in [-0.39, 0.29) is 36.9 Å². The first-order valence-electron chi connectivity index (χ1n) is 4.87. The summed E-state index contributed by atoms with van der Waals surface area (Å²) >= 11 is 24.1. The molecule has 19 heavy (non-hydrogen) atoms. The van der Waals surface area contributed by atoms with Crippen LogP contribution >= 0.6 is 46.4 Å². The largest absolute Gasteiger partial charge is 0.361 e. The fourth-order valence-corrected chi connectivity index (χ4v) is 2.59. The van der Waals surface area contributed by atoms with Gasteiger partial charge < -0.3 is 5.53 Å². The third-order valence-electron chi connectivity index (χ3n) is 2.28. The van der Waals surface area contributed by atoms with Crippen LogP contribution in [0.3, 0.4) is 0 Å². The first-order valence-corrected chi connectivity index (χ1v) is 6.38. The third kappa shape index (κ3) is 2.73. The number of hydrogen-bond acceptors (Lipinski definition) is 2. The van der Waals surface area contributed by atoms with E-state index in [2.05, 4.69) is 14.8 Å². The van der Waals surface area contributed by atoms with Gasteiger partial charge in [0.15, 0.2) is 0 Å². The van der Waals surface area contributed by atoms with Crippen molar-refractivity contribution in [2.75, 3.05) is 0 Å². The Kier molecular flexibility index (Phi) is 4.40. The molecule has 2 aromatic heterocycles. The van der Waals surface area contributed by atoms with Gasteiger partial charge in [0.2, 0.25) is 0 Å². The van der Waals surface area contributed by atoms with Crippen molar-refractivity contribution in [3.05, 3.63) is 61.5 Å². The Morgan fingerprint density at radius 1 is 0.789 bits per heavy atom. The Balaban J connectivity index is 2.76. The average molecular weight is 334 g/mol. The first kappa shape index (κ1) is 14.3. The molecule has 0 aliphatic heterocycles. The second-order valence-electron chi connectivity index (χ2n) is 3.40. The predicted molar refractivity (Wildman–Crippen MR) is 75.3 cm³/mol. The lowest BCUT2D eigenvalue weighted by atomic mass is 10.0. The maximum absolute atomic E-state index is 9.24. The maximum Gasteiger partial charge on any atom is 0.335 e. The van der Waals surface area contributed by atoms with Crippen LogP contribution in [0.4, 0.5) is 0 Å². The molecule has 0 spiro atoms. The van der Waals surface area contributed by atoms with Crippen LogP contribution in [0.2, 0.25) is 20.1 Å². The van der Waals surface area contributed by atoms with Gasteiger partial charge in [0.25, 0.3) is 0 Å². The minimum absolute atomic E-state index is 0.0507. The van der Waals surface area contributed by atoms with Gasteiger partial charge in [-0.25, -0.2) is 0 Å². The Morgan fingerprint density at radius 3 is 1.37 bits per heavy atom. The molecule has 0 bridgehead atoms. The summed E-state index contributed by atoms with van der Waals surface area (Å²) in [4.78, 5) is 10.8. The van der Waals surface area contributed by atoms with Gasteiger partial charge >= 0.3 is 5.71 Å². The Hall–Kier alpha value is -1.16. The first-order chi connectivity index (χ1) is 9.06. The molecule has 0 aromatic carbocycles. The number of pyridine rings is 2. The predicted octanol–water partition coefficient (Wildman–Crippen LogP) is 4.16. The molecule has 2 heterocycles. The second-order valence-corrected chi connectivity index (χ2v) is 5.03. The molecule has 0 saturated heterocycles. The number of hydrogen-bond donors (Lipinski definition) is 0. The van der Waals surface area contributed by atoms with Crippen molar-refractivity contribution in [1.29, 1.82) is 0 Å². The Labute approximate surface area is 128 Å². The Morgan fingerprint density at radius 2 is 1.11 bits per heavy atom. The van der Waals surface area contributed by atoms with Crippen LogP contribution in [-0.4, -0.2) is 20.5 Å². The van der Waals surface area contributed by atoms with Crippen molar-refractivity contribution in [3.8, 4) is 0 Å². The summed E-state index contributed by atoms with van der Waals surface area (Å²) in [5.41, 5.74) is 9.87. The van der Waals surface area contributed by atoms with Gasteiger partial charge in [-0.3, -0.25) is 9.97 Å². The van der Waals surface area contributed by atoms with Crippen LogP contribution in [0.15, 0.2) is 24.8 Å². The van der Waals surface area contributed by atoms with Gasteiger partial charge in [-0.15, -0.1) is 0 Å². The second kappa shape index (κ2) is 5.87. The number of rotatable bonds is 2. The quantitative estimate of drug-likeness (QED) is 0.470. The molecular weight excluding hydrogens is 330 g/mol. The molecule has 0 fully saturated rings. The summed E-state index contributed by atoms with van der Waals surface area (Å²) in [6.07, 6.45) is 5.49.